The van der Waals surface area contributed by atoms with Gasteiger partial charge in [-0.15, -0.1) is 0 Å². The van der Waals surface area contributed by atoms with Crippen molar-refractivity contribution in [3.8, 4) is 0 Å². The van der Waals surface area contributed by atoms with Crippen LogP contribution in [-0.2, 0) is 9.53 Å². The summed E-state index contributed by atoms with van der Waals surface area (Å²) in [7, 11) is 1.62. The molecule has 0 aromatic heterocycles. The molecule has 1 N–H and O–H groups in total. The van der Waals surface area contributed by atoms with Gasteiger partial charge in [0.05, 0.1) is 18.2 Å². The Labute approximate surface area is 220 Å². The molecule has 2 aliphatic heterocycles. The van der Waals surface area contributed by atoms with E-state index in [0.717, 1.165) is 0 Å². The van der Waals surface area contributed by atoms with Crippen molar-refractivity contribution in [2.75, 3.05) is 39.8 Å². The zero-order valence-electron chi connectivity index (χ0n) is 21.0. The van der Waals surface area contributed by atoms with Crippen molar-refractivity contribution in [3.63, 3.8) is 0 Å². The Morgan fingerprint density at radius 3 is 2.54 bits per heavy atom. The fourth-order valence-electron chi connectivity index (χ4n) is 4.78. The Kier molecular flexibility index (Phi) is 8.14. The van der Waals surface area contributed by atoms with Gasteiger partial charge in [0.2, 0.25) is 0 Å². The molecule has 2 aliphatic rings. The van der Waals surface area contributed by atoms with Crippen LogP contribution < -0.4 is 5.32 Å². The van der Waals surface area contributed by atoms with Gasteiger partial charge >= 0.3 is 12.0 Å². The Balaban J connectivity index is 1.59. The van der Waals surface area contributed by atoms with Crippen LogP contribution in [0.5, 0.6) is 0 Å². The van der Waals surface area contributed by atoms with Crippen LogP contribution in [0.2, 0.25) is 5.02 Å². The first kappa shape index (κ1) is 26.6. The maximum atomic E-state index is 13.3. The summed E-state index contributed by atoms with van der Waals surface area (Å²) in [5.74, 6) is -1.06. The van der Waals surface area contributed by atoms with E-state index >= 15 is 0 Å². The molecular weight excluding hydrogens is 499 g/mol. The standard InChI is InChI=1S/C27H30ClFN4O4/c1-4-37-26(35)23-22(31(3)27(36)30-24(23)19-6-5-7-20(28)14-19)16-32-12-13-33(17(2)15-32)25(34)18-8-10-21(29)11-9-18/h5-11,14,17,24H,4,12-13,15-16H2,1-3H3,(H,30,36)/t17-,24+/m0/s1. The molecule has 2 heterocycles. The first-order valence-corrected chi connectivity index (χ1v) is 12.6. The highest BCUT2D eigenvalue weighted by atomic mass is 35.5. The number of hydrogen-bond acceptors (Lipinski definition) is 5. The van der Waals surface area contributed by atoms with Crippen LogP contribution >= 0.6 is 11.6 Å². The number of carbonyl (C=O) groups is 3. The number of ether oxygens (including phenoxy) is 1. The second kappa shape index (κ2) is 11.3. The zero-order chi connectivity index (χ0) is 26.7. The number of piperazine rings is 1. The maximum absolute atomic E-state index is 13.3. The molecule has 0 unspecified atom stereocenters. The third kappa shape index (κ3) is 5.78. The van der Waals surface area contributed by atoms with Crippen molar-refractivity contribution in [3.05, 3.63) is 81.8 Å². The highest BCUT2D eigenvalue weighted by Crippen LogP contribution is 2.33. The van der Waals surface area contributed by atoms with Crippen molar-refractivity contribution in [1.82, 2.24) is 20.0 Å². The van der Waals surface area contributed by atoms with Gasteiger partial charge in [-0.25, -0.2) is 14.0 Å². The van der Waals surface area contributed by atoms with Crippen LogP contribution in [0.4, 0.5) is 9.18 Å². The smallest absolute Gasteiger partial charge is 0.338 e. The molecule has 37 heavy (non-hydrogen) atoms. The van der Waals surface area contributed by atoms with Gasteiger partial charge in [-0.1, -0.05) is 23.7 Å². The Hall–Kier alpha value is -3.43. The second-order valence-corrected chi connectivity index (χ2v) is 9.60. The van der Waals surface area contributed by atoms with E-state index in [1.807, 2.05) is 6.92 Å². The molecular formula is C27H30ClFN4O4. The molecule has 0 aliphatic carbocycles. The number of nitrogens with zero attached hydrogens (tertiary/aromatic N) is 3. The van der Waals surface area contributed by atoms with Crippen LogP contribution in [0.1, 0.15) is 35.8 Å². The van der Waals surface area contributed by atoms with Gasteiger partial charge < -0.3 is 15.0 Å². The molecule has 2 aromatic rings. The number of likely N-dealkylation sites (N-methyl/N-ethyl adjacent to an activating group) is 1. The van der Waals surface area contributed by atoms with E-state index in [9.17, 15) is 18.8 Å². The van der Waals surface area contributed by atoms with E-state index in [2.05, 4.69) is 10.2 Å². The lowest BCUT2D eigenvalue weighted by molar-refractivity contribution is -0.139. The Morgan fingerprint density at radius 1 is 1.16 bits per heavy atom. The van der Waals surface area contributed by atoms with Gasteiger partial charge in [0, 0.05) is 55.6 Å². The molecule has 196 valence electrons. The van der Waals surface area contributed by atoms with E-state index in [0.29, 0.717) is 53.6 Å². The lowest BCUT2D eigenvalue weighted by atomic mass is 9.94. The topological polar surface area (TPSA) is 82.2 Å². The second-order valence-electron chi connectivity index (χ2n) is 9.17. The molecule has 2 aromatic carbocycles. The number of benzene rings is 2. The predicted octanol–water partition coefficient (Wildman–Crippen LogP) is 3.84. The molecule has 1 fully saturated rings. The van der Waals surface area contributed by atoms with Crippen LogP contribution in [0, 0.1) is 5.82 Å². The number of urea groups is 1. The highest BCUT2D eigenvalue weighted by molar-refractivity contribution is 6.30. The monoisotopic (exact) mass is 528 g/mol. The molecule has 4 rings (SSSR count). The molecule has 3 amide bonds. The van der Waals surface area contributed by atoms with Crippen molar-refractivity contribution < 1.29 is 23.5 Å². The number of nitrogens with one attached hydrogen (secondary N) is 1. The van der Waals surface area contributed by atoms with Crippen molar-refractivity contribution >= 4 is 29.5 Å². The lowest BCUT2D eigenvalue weighted by Crippen LogP contribution is -2.56. The van der Waals surface area contributed by atoms with Gasteiger partial charge in [-0.3, -0.25) is 14.6 Å². The fraction of sp³-hybridized carbons (Fsp3) is 0.370. The van der Waals surface area contributed by atoms with Crippen LogP contribution in [-0.4, -0.2) is 78.5 Å². The van der Waals surface area contributed by atoms with E-state index in [-0.39, 0.29) is 24.6 Å². The van der Waals surface area contributed by atoms with Crippen molar-refractivity contribution in [2.24, 2.45) is 0 Å². The minimum absolute atomic E-state index is 0.135. The van der Waals surface area contributed by atoms with Gasteiger partial charge in [-0.05, 0) is 55.8 Å². The van der Waals surface area contributed by atoms with Crippen molar-refractivity contribution in [2.45, 2.75) is 25.9 Å². The summed E-state index contributed by atoms with van der Waals surface area (Å²) in [6.07, 6.45) is 0. The largest absolute Gasteiger partial charge is 0.463 e. The minimum atomic E-state index is -0.713. The number of rotatable bonds is 6. The average Bonchev–Trinajstić information content (AvgIpc) is 2.87. The molecule has 1 saturated heterocycles. The summed E-state index contributed by atoms with van der Waals surface area (Å²) in [5.41, 5.74) is 2.00. The SMILES string of the molecule is CCOC(=O)C1=C(CN2CCN(C(=O)c3ccc(F)cc3)[C@@H](C)C2)N(C)C(=O)N[C@@H]1c1cccc(Cl)c1. The summed E-state index contributed by atoms with van der Waals surface area (Å²) in [6, 6.07) is 11.4. The number of halogens is 2. The fourth-order valence-corrected chi connectivity index (χ4v) is 4.98. The molecule has 0 bridgehead atoms. The Morgan fingerprint density at radius 2 is 1.89 bits per heavy atom. The van der Waals surface area contributed by atoms with E-state index < -0.39 is 17.8 Å². The summed E-state index contributed by atoms with van der Waals surface area (Å²) in [6.45, 7) is 5.71. The van der Waals surface area contributed by atoms with Gasteiger partial charge in [0.15, 0.2) is 0 Å². The van der Waals surface area contributed by atoms with Gasteiger partial charge in [0.25, 0.3) is 5.91 Å². The highest BCUT2D eigenvalue weighted by Gasteiger charge is 2.38. The molecule has 10 heteroatoms. The first-order valence-electron chi connectivity index (χ1n) is 12.2. The first-order chi connectivity index (χ1) is 17.7. The quantitative estimate of drug-likeness (QED) is 0.576. The third-order valence-electron chi connectivity index (χ3n) is 6.69. The zero-order valence-corrected chi connectivity index (χ0v) is 21.8. The predicted molar refractivity (Wildman–Crippen MR) is 137 cm³/mol. The summed E-state index contributed by atoms with van der Waals surface area (Å²) in [5, 5.41) is 3.38. The number of carbonyl (C=O) groups excluding carboxylic acids is 3. The Bertz CT molecular complexity index is 1220. The van der Waals surface area contributed by atoms with E-state index in [1.54, 1.807) is 43.1 Å². The van der Waals surface area contributed by atoms with E-state index in [4.69, 9.17) is 16.3 Å². The minimum Gasteiger partial charge on any atom is -0.463 e. The van der Waals surface area contributed by atoms with Gasteiger partial charge in [-0.2, -0.15) is 0 Å². The summed E-state index contributed by atoms with van der Waals surface area (Å²) in [4.78, 5) is 44.4. The maximum Gasteiger partial charge on any atom is 0.338 e. The van der Waals surface area contributed by atoms with E-state index in [1.165, 1.54) is 29.2 Å². The van der Waals surface area contributed by atoms with Crippen LogP contribution in [0.3, 0.4) is 0 Å². The molecule has 2 atom stereocenters. The average molecular weight is 529 g/mol. The summed E-state index contributed by atoms with van der Waals surface area (Å²) >= 11 is 6.20. The van der Waals surface area contributed by atoms with Gasteiger partial charge in [0.1, 0.15) is 5.82 Å². The van der Waals surface area contributed by atoms with Crippen LogP contribution in [0.15, 0.2) is 59.8 Å². The number of amides is 3. The third-order valence-corrected chi connectivity index (χ3v) is 6.93. The lowest BCUT2D eigenvalue weighted by Gasteiger charge is -2.42. The molecule has 8 nitrogen and oxygen atoms in total. The van der Waals surface area contributed by atoms with Crippen molar-refractivity contribution in [1.29, 1.82) is 0 Å². The number of hydrogen-bond donors (Lipinski definition) is 1. The number of esters is 1. The summed E-state index contributed by atoms with van der Waals surface area (Å²) < 4.78 is 18.7. The van der Waals surface area contributed by atoms with Crippen LogP contribution in [0.25, 0.3) is 0 Å². The molecule has 0 saturated carbocycles. The normalized spacial score (nSPS) is 20.6. The molecule has 0 spiro atoms. The molecule has 0 radical (unpaired) electrons.